The summed E-state index contributed by atoms with van der Waals surface area (Å²) in [5, 5.41) is 0. The highest BCUT2D eigenvalue weighted by molar-refractivity contribution is 5.76. The Morgan fingerprint density at radius 2 is 1.00 bits per heavy atom. The molecule has 1 aromatic rings. The molecule has 0 aliphatic rings. The van der Waals surface area contributed by atoms with Gasteiger partial charge in [0.25, 0.3) is 0 Å². The first-order valence-corrected chi connectivity index (χ1v) is 10.5. The van der Waals surface area contributed by atoms with Crippen molar-refractivity contribution in [2.75, 3.05) is 0 Å². The largest absolute Gasteiger partial charge is 0.457 e. The first-order chi connectivity index (χ1) is 13.0. The summed E-state index contributed by atoms with van der Waals surface area (Å²) in [6.45, 7) is 15.6. The first-order valence-electron chi connectivity index (χ1n) is 10.5. The Labute approximate surface area is 171 Å². The molecule has 0 radical (unpaired) electrons. The Balaban J connectivity index is 2.92. The fourth-order valence-corrected chi connectivity index (χ4v) is 2.57. The third-order valence-electron chi connectivity index (χ3n) is 5.79. The highest BCUT2D eigenvalue weighted by atomic mass is 16.5. The van der Waals surface area contributed by atoms with Crippen LogP contribution in [0.5, 0.6) is 0 Å². The number of benzene rings is 1. The van der Waals surface area contributed by atoms with Crippen LogP contribution in [0.4, 0.5) is 0 Å². The smallest absolute Gasteiger partial charge is 0.312 e. The van der Waals surface area contributed by atoms with Gasteiger partial charge in [-0.15, -0.1) is 0 Å². The maximum Gasteiger partial charge on any atom is 0.312 e. The van der Waals surface area contributed by atoms with Gasteiger partial charge >= 0.3 is 11.9 Å². The lowest BCUT2D eigenvalue weighted by Crippen LogP contribution is -2.27. The molecule has 28 heavy (non-hydrogen) atoms. The van der Waals surface area contributed by atoms with Crippen LogP contribution in [0.1, 0.15) is 104 Å². The number of esters is 2. The molecular weight excluding hydrogens is 352 g/mol. The molecule has 0 aliphatic carbocycles. The van der Waals surface area contributed by atoms with Gasteiger partial charge in [-0.25, -0.2) is 0 Å². The van der Waals surface area contributed by atoms with Crippen molar-refractivity contribution in [1.29, 1.82) is 0 Å². The van der Waals surface area contributed by atoms with Crippen LogP contribution in [0.3, 0.4) is 0 Å². The second kappa shape index (κ2) is 10.1. The molecule has 1 rings (SSSR count). The van der Waals surface area contributed by atoms with Crippen LogP contribution in [0, 0.1) is 10.8 Å². The second-order valence-electron chi connectivity index (χ2n) is 8.75. The summed E-state index contributed by atoms with van der Waals surface area (Å²) in [6, 6.07) is 7.88. The van der Waals surface area contributed by atoms with Gasteiger partial charge in [-0.3, -0.25) is 9.59 Å². The average Bonchev–Trinajstić information content (AvgIpc) is 2.69. The fraction of sp³-hybridized carbons (Fsp3) is 0.667. The Kier molecular flexibility index (Phi) is 8.72. The summed E-state index contributed by atoms with van der Waals surface area (Å²) >= 11 is 0. The van der Waals surface area contributed by atoms with E-state index in [1.54, 1.807) is 0 Å². The summed E-state index contributed by atoms with van der Waals surface area (Å²) in [5.41, 5.74) is 0.949. The molecule has 0 bridgehead atoms. The molecule has 0 amide bonds. The van der Waals surface area contributed by atoms with Crippen LogP contribution < -0.4 is 0 Å². The van der Waals surface area contributed by atoms with Crippen molar-refractivity contribution < 1.29 is 19.1 Å². The van der Waals surface area contributed by atoms with Crippen molar-refractivity contribution >= 4 is 11.9 Å². The maximum atomic E-state index is 12.4. The molecule has 0 saturated heterocycles. The molecule has 0 fully saturated rings. The highest BCUT2D eigenvalue weighted by Crippen LogP contribution is 2.31. The van der Waals surface area contributed by atoms with Crippen LogP contribution >= 0.6 is 0 Å². The van der Waals surface area contributed by atoms with Crippen molar-refractivity contribution in [2.45, 2.75) is 93.3 Å². The first kappa shape index (κ1) is 24.2. The Morgan fingerprint density at radius 3 is 1.21 bits per heavy atom. The van der Waals surface area contributed by atoms with Crippen molar-refractivity contribution in [3.63, 3.8) is 0 Å². The van der Waals surface area contributed by atoms with Crippen LogP contribution in [0.25, 0.3) is 0 Å². The molecule has 0 spiro atoms. The minimum atomic E-state index is -0.485. The van der Waals surface area contributed by atoms with Crippen LogP contribution in [-0.2, 0) is 19.1 Å². The van der Waals surface area contributed by atoms with Crippen molar-refractivity contribution in [1.82, 2.24) is 0 Å². The van der Waals surface area contributed by atoms with E-state index in [9.17, 15) is 9.59 Å². The molecule has 0 saturated carbocycles. The summed E-state index contributed by atoms with van der Waals surface area (Å²) < 4.78 is 11.5. The van der Waals surface area contributed by atoms with E-state index in [4.69, 9.17) is 9.47 Å². The Hall–Kier alpha value is -1.84. The van der Waals surface area contributed by atoms with Crippen molar-refractivity contribution in [3.05, 3.63) is 35.4 Å². The van der Waals surface area contributed by atoms with Crippen LogP contribution in [0.15, 0.2) is 24.3 Å². The van der Waals surface area contributed by atoms with E-state index in [1.807, 2.05) is 79.7 Å². The van der Waals surface area contributed by atoms with Gasteiger partial charge in [-0.2, -0.15) is 0 Å². The predicted octanol–water partition coefficient (Wildman–Crippen LogP) is 6.55. The van der Waals surface area contributed by atoms with E-state index in [1.165, 1.54) is 0 Å². The number of ether oxygens (including phenoxy) is 2. The number of hydrogen-bond acceptors (Lipinski definition) is 4. The predicted molar refractivity (Wildman–Crippen MR) is 113 cm³/mol. The summed E-state index contributed by atoms with van der Waals surface area (Å²) in [7, 11) is 0. The molecule has 2 atom stereocenters. The molecule has 0 aliphatic heterocycles. The summed E-state index contributed by atoms with van der Waals surface area (Å²) in [4.78, 5) is 24.8. The minimum Gasteiger partial charge on any atom is -0.457 e. The molecule has 0 aromatic heterocycles. The molecule has 1 aromatic carbocycles. The normalized spacial score (nSPS) is 14.3. The third-order valence-corrected chi connectivity index (χ3v) is 5.79. The molecule has 0 N–H and O–H groups in total. The van der Waals surface area contributed by atoms with E-state index in [0.29, 0.717) is 12.8 Å². The zero-order chi connectivity index (χ0) is 21.5. The van der Waals surface area contributed by atoms with Gasteiger partial charge in [0.1, 0.15) is 12.2 Å². The average molecular weight is 391 g/mol. The molecule has 4 heteroatoms. The minimum absolute atomic E-state index is 0.173. The number of hydrogen-bond donors (Lipinski definition) is 0. The lowest BCUT2D eigenvalue weighted by molar-refractivity contribution is -0.161. The Bertz CT molecular complexity index is 586. The van der Waals surface area contributed by atoms with Crippen molar-refractivity contribution in [3.8, 4) is 0 Å². The lowest BCUT2D eigenvalue weighted by Gasteiger charge is -2.26. The molecule has 2 unspecified atom stereocenters. The quantitative estimate of drug-likeness (QED) is 0.425. The van der Waals surface area contributed by atoms with Gasteiger partial charge < -0.3 is 9.47 Å². The Morgan fingerprint density at radius 1 is 0.714 bits per heavy atom. The van der Waals surface area contributed by atoms with E-state index in [0.717, 1.165) is 24.0 Å². The highest BCUT2D eigenvalue weighted by Gasteiger charge is 2.31. The van der Waals surface area contributed by atoms with Gasteiger partial charge in [0.15, 0.2) is 0 Å². The zero-order valence-electron chi connectivity index (χ0n) is 18.9. The summed E-state index contributed by atoms with van der Waals surface area (Å²) in [5.74, 6) is -0.346. The second-order valence-corrected chi connectivity index (χ2v) is 8.75. The van der Waals surface area contributed by atoms with E-state index >= 15 is 0 Å². The summed E-state index contributed by atoms with van der Waals surface area (Å²) in [6.07, 6.45) is 2.35. The monoisotopic (exact) mass is 390 g/mol. The lowest BCUT2D eigenvalue weighted by atomic mass is 9.90. The van der Waals surface area contributed by atoms with Crippen molar-refractivity contribution in [2.24, 2.45) is 10.8 Å². The van der Waals surface area contributed by atoms with Gasteiger partial charge in [-0.1, -0.05) is 52.0 Å². The number of carbonyl (C=O) groups excluding carboxylic acids is 2. The van der Waals surface area contributed by atoms with Gasteiger partial charge in [0.05, 0.1) is 10.8 Å². The number of rotatable bonds is 10. The molecular formula is C24H38O4. The van der Waals surface area contributed by atoms with E-state index in [2.05, 4.69) is 0 Å². The molecule has 158 valence electrons. The van der Waals surface area contributed by atoms with Gasteiger partial charge in [-0.05, 0) is 64.5 Å². The zero-order valence-corrected chi connectivity index (χ0v) is 18.9. The van der Waals surface area contributed by atoms with Gasteiger partial charge in [0, 0.05) is 0 Å². The molecule has 0 heterocycles. The fourth-order valence-electron chi connectivity index (χ4n) is 2.57. The topological polar surface area (TPSA) is 52.6 Å². The van der Waals surface area contributed by atoms with E-state index in [-0.39, 0.29) is 24.1 Å². The maximum absolute atomic E-state index is 12.4. The van der Waals surface area contributed by atoms with Gasteiger partial charge in [0.2, 0.25) is 0 Å². The van der Waals surface area contributed by atoms with Crippen LogP contribution in [0.2, 0.25) is 0 Å². The standard InChI is InChI=1S/C24H38O4/c1-9-19(27-21(25)23(5,6)11-3)17-13-15-18(16-14-17)20(10-2)28-22(26)24(7,8)12-4/h13-16,19-20H,9-12H2,1-8H3. The van der Waals surface area contributed by atoms with E-state index < -0.39 is 10.8 Å². The van der Waals surface area contributed by atoms with Crippen LogP contribution in [-0.4, -0.2) is 11.9 Å². The SMILES string of the molecule is CCC(OC(=O)C(C)(C)CC)c1ccc(C(CC)OC(=O)C(C)(C)CC)cc1. The molecule has 4 nitrogen and oxygen atoms in total. The number of carbonyl (C=O) groups is 2. The third kappa shape index (κ3) is 6.08.